The summed E-state index contributed by atoms with van der Waals surface area (Å²) in [5.41, 5.74) is 6.85. The number of piperazine rings is 1. The van der Waals surface area contributed by atoms with Gasteiger partial charge in [0.25, 0.3) is 0 Å². The van der Waals surface area contributed by atoms with Gasteiger partial charge in [-0.2, -0.15) is 4.98 Å². The standard InChI is InChI=1S/C20H23N7OS/c1-26-9-11-27(12-10-26)19-23-13-16(29-20-22-8-7-17(21)24-20)18(25-19)28-14-15-5-3-2-4-6-15/h2-8,13H,9-12,14H2,1H3,(H2,21,22,24). The van der Waals surface area contributed by atoms with Crippen LogP contribution in [-0.2, 0) is 6.61 Å². The molecule has 0 saturated carbocycles. The first-order chi connectivity index (χ1) is 14.2. The molecule has 2 aromatic heterocycles. The number of hydrogen-bond acceptors (Lipinski definition) is 9. The van der Waals surface area contributed by atoms with Crippen LogP contribution in [0.4, 0.5) is 11.8 Å². The summed E-state index contributed by atoms with van der Waals surface area (Å²) < 4.78 is 6.08. The summed E-state index contributed by atoms with van der Waals surface area (Å²) in [5, 5.41) is 0.533. The first-order valence-corrected chi connectivity index (χ1v) is 10.2. The molecular formula is C20H23N7OS. The van der Waals surface area contributed by atoms with Gasteiger partial charge in [-0.15, -0.1) is 0 Å². The topological polar surface area (TPSA) is 93.3 Å². The van der Waals surface area contributed by atoms with Gasteiger partial charge in [-0.25, -0.2) is 15.0 Å². The van der Waals surface area contributed by atoms with Crippen molar-refractivity contribution in [2.75, 3.05) is 43.9 Å². The fourth-order valence-electron chi connectivity index (χ4n) is 2.91. The molecule has 29 heavy (non-hydrogen) atoms. The zero-order chi connectivity index (χ0) is 20.1. The predicted molar refractivity (Wildman–Crippen MR) is 113 cm³/mol. The van der Waals surface area contributed by atoms with Crippen LogP contribution in [0.2, 0.25) is 0 Å². The van der Waals surface area contributed by atoms with E-state index < -0.39 is 0 Å². The molecule has 1 aromatic carbocycles. The molecule has 9 heteroatoms. The third-order valence-corrected chi connectivity index (χ3v) is 5.45. The van der Waals surface area contributed by atoms with Crippen molar-refractivity contribution in [3.8, 4) is 5.88 Å². The van der Waals surface area contributed by atoms with E-state index in [1.807, 2.05) is 30.3 Å². The van der Waals surface area contributed by atoms with Crippen molar-refractivity contribution in [2.24, 2.45) is 0 Å². The van der Waals surface area contributed by atoms with E-state index in [0.717, 1.165) is 36.6 Å². The molecule has 0 amide bonds. The van der Waals surface area contributed by atoms with Gasteiger partial charge < -0.3 is 20.3 Å². The van der Waals surface area contributed by atoms with Crippen LogP contribution < -0.4 is 15.4 Å². The molecule has 0 atom stereocenters. The SMILES string of the molecule is CN1CCN(c2ncc(Sc3nccc(N)n3)c(OCc3ccccc3)n2)CC1. The smallest absolute Gasteiger partial charge is 0.233 e. The Balaban J connectivity index is 1.58. The van der Waals surface area contributed by atoms with E-state index in [-0.39, 0.29) is 0 Å². The molecule has 8 nitrogen and oxygen atoms in total. The fraction of sp³-hybridized carbons (Fsp3) is 0.300. The molecule has 0 aliphatic carbocycles. The number of likely N-dealkylation sites (N-methyl/N-ethyl adjacent to an activating group) is 1. The third-order valence-electron chi connectivity index (χ3n) is 4.57. The number of anilines is 2. The van der Waals surface area contributed by atoms with Crippen molar-refractivity contribution >= 4 is 23.5 Å². The second-order valence-corrected chi connectivity index (χ2v) is 7.78. The van der Waals surface area contributed by atoms with E-state index in [9.17, 15) is 0 Å². The van der Waals surface area contributed by atoms with E-state index in [1.54, 1.807) is 18.5 Å². The summed E-state index contributed by atoms with van der Waals surface area (Å²) in [5.74, 6) is 1.62. The summed E-state index contributed by atoms with van der Waals surface area (Å²) in [6, 6.07) is 11.7. The molecule has 2 N–H and O–H groups in total. The minimum atomic E-state index is 0.421. The number of ether oxygens (including phenoxy) is 1. The molecular weight excluding hydrogens is 386 g/mol. The van der Waals surface area contributed by atoms with Gasteiger partial charge in [0.2, 0.25) is 11.8 Å². The average molecular weight is 410 g/mol. The third kappa shape index (κ3) is 5.12. The highest BCUT2D eigenvalue weighted by Crippen LogP contribution is 2.33. The fourth-order valence-corrected chi connectivity index (χ4v) is 3.66. The van der Waals surface area contributed by atoms with E-state index >= 15 is 0 Å². The van der Waals surface area contributed by atoms with Crippen LogP contribution in [0.3, 0.4) is 0 Å². The average Bonchev–Trinajstić information content (AvgIpc) is 2.74. The second-order valence-electron chi connectivity index (χ2n) is 6.77. The minimum Gasteiger partial charge on any atom is -0.472 e. The van der Waals surface area contributed by atoms with Gasteiger partial charge >= 0.3 is 0 Å². The van der Waals surface area contributed by atoms with Crippen molar-refractivity contribution < 1.29 is 4.74 Å². The van der Waals surface area contributed by atoms with Crippen LogP contribution in [0, 0.1) is 0 Å². The lowest BCUT2D eigenvalue weighted by Gasteiger charge is -2.32. The highest BCUT2D eigenvalue weighted by atomic mass is 32.2. The Kier molecular flexibility index (Phi) is 6.06. The van der Waals surface area contributed by atoms with Gasteiger partial charge in [0, 0.05) is 32.4 Å². The normalized spacial score (nSPS) is 14.7. The largest absolute Gasteiger partial charge is 0.472 e. The summed E-state index contributed by atoms with van der Waals surface area (Å²) in [6.45, 7) is 4.17. The Hall–Kier alpha value is -2.91. The van der Waals surface area contributed by atoms with Gasteiger partial charge in [-0.05, 0) is 30.4 Å². The molecule has 3 heterocycles. The van der Waals surface area contributed by atoms with Gasteiger partial charge in [0.05, 0.1) is 11.1 Å². The van der Waals surface area contributed by atoms with Gasteiger partial charge in [0.15, 0.2) is 5.16 Å². The van der Waals surface area contributed by atoms with Crippen LogP contribution in [0.5, 0.6) is 5.88 Å². The van der Waals surface area contributed by atoms with Crippen LogP contribution in [0.25, 0.3) is 0 Å². The molecule has 0 unspecified atom stereocenters. The van der Waals surface area contributed by atoms with E-state index in [4.69, 9.17) is 15.5 Å². The maximum absolute atomic E-state index is 6.08. The molecule has 0 radical (unpaired) electrons. The first kappa shape index (κ1) is 19.4. The van der Waals surface area contributed by atoms with Gasteiger partial charge in [-0.1, -0.05) is 30.3 Å². The number of benzene rings is 1. The summed E-state index contributed by atoms with van der Waals surface area (Å²) in [6.07, 6.45) is 3.41. The lowest BCUT2D eigenvalue weighted by Crippen LogP contribution is -2.45. The number of aromatic nitrogens is 4. The van der Waals surface area contributed by atoms with Crippen molar-refractivity contribution in [3.05, 3.63) is 54.4 Å². The lowest BCUT2D eigenvalue weighted by molar-refractivity contribution is 0.283. The number of nitrogen functional groups attached to an aromatic ring is 1. The Bertz CT molecular complexity index is 949. The van der Waals surface area contributed by atoms with Crippen LogP contribution in [0.15, 0.2) is 58.8 Å². The van der Waals surface area contributed by atoms with E-state index in [0.29, 0.717) is 29.4 Å². The number of nitrogens with zero attached hydrogens (tertiary/aromatic N) is 6. The summed E-state index contributed by atoms with van der Waals surface area (Å²) in [7, 11) is 2.12. The summed E-state index contributed by atoms with van der Waals surface area (Å²) >= 11 is 1.34. The van der Waals surface area contributed by atoms with Crippen molar-refractivity contribution in [2.45, 2.75) is 16.7 Å². The van der Waals surface area contributed by atoms with E-state index in [2.05, 4.69) is 31.8 Å². The Morgan fingerprint density at radius 2 is 1.83 bits per heavy atom. The van der Waals surface area contributed by atoms with Crippen molar-refractivity contribution in [1.29, 1.82) is 0 Å². The highest BCUT2D eigenvalue weighted by Gasteiger charge is 2.19. The zero-order valence-electron chi connectivity index (χ0n) is 16.2. The Morgan fingerprint density at radius 3 is 2.59 bits per heavy atom. The molecule has 0 bridgehead atoms. The van der Waals surface area contributed by atoms with Gasteiger partial charge in [-0.3, -0.25) is 0 Å². The molecule has 1 aliphatic heterocycles. The zero-order valence-corrected chi connectivity index (χ0v) is 17.0. The van der Waals surface area contributed by atoms with Gasteiger partial charge in [0.1, 0.15) is 12.4 Å². The number of nitrogens with two attached hydrogens (primary N) is 1. The monoisotopic (exact) mass is 409 g/mol. The molecule has 1 saturated heterocycles. The number of rotatable bonds is 6. The molecule has 150 valence electrons. The number of hydrogen-bond donors (Lipinski definition) is 1. The minimum absolute atomic E-state index is 0.421. The lowest BCUT2D eigenvalue weighted by atomic mass is 10.2. The van der Waals surface area contributed by atoms with Crippen LogP contribution >= 0.6 is 11.8 Å². The quantitative estimate of drug-likeness (QED) is 0.616. The Labute approximate surface area is 174 Å². The van der Waals surface area contributed by atoms with Crippen LogP contribution in [-0.4, -0.2) is 58.1 Å². The maximum atomic E-state index is 6.08. The highest BCUT2D eigenvalue weighted by molar-refractivity contribution is 7.99. The Morgan fingerprint density at radius 1 is 1.03 bits per heavy atom. The second kappa shape index (κ2) is 9.06. The molecule has 0 spiro atoms. The summed E-state index contributed by atoms with van der Waals surface area (Å²) in [4.78, 5) is 23.0. The van der Waals surface area contributed by atoms with Crippen LogP contribution in [0.1, 0.15) is 5.56 Å². The van der Waals surface area contributed by atoms with Crippen molar-refractivity contribution in [3.63, 3.8) is 0 Å². The molecule has 1 fully saturated rings. The molecule has 3 aromatic rings. The predicted octanol–water partition coefficient (Wildman–Crippen LogP) is 2.33. The first-order valence-electron chi connectivity index (χ1n) is 9.41. The maximum Gasteiger partial charge on any atom is 0.233 e. The van der Waals surface area contributed by atoms with Crippen molar-refractivity contribution in [1.82, 2.24) is 24.8 Å². The van der Waals surface area contributed by atoms with E-state index in [1.165, 1.54) is 11.8 Å². The molecule has 4 rings (SSSR count). The molecule has 1 aliphatic rings.